The summed E-state index contributed by atoms with van der Waals surface area (Å²) in [5.74, 6) is 0. The molecule has 0 saturated carbocycles. The van der Waals surface area contributed by atoms with Crippen molar-refractivity contribution >= 4 is 21.4 Å². The molecule has 0 saturated heterocycles. The van der Waals surface area contributed by atoms with Crippen LogP contribution in [-0.2, 0) is 16.2 Å². The van der Waals surface area contributed by atoms with E-state index >= 15 is 0 Å². The molecule has 142 valence electrons. The first-order valence-corrected chi connectivity index (χ1v) is 9.11. The average Bonchev–Trinajstić information content (AvgIpc) is 2.53. The Morgan fingerprint density at radius 2 is 1.81 bits per heavy atom. The molecule has 2 rings (SSSR count). The molecule has 0 radical (unpaired) electrons. The molecule has 7 nitrogen and oxygen atoms in total. The highest BCUT2D eigenvalue weighted by Gasteiger charge is 2.36. The van der Waals surface area contributed by atoms with Crippen molar-refractivity contribution < 1.29 is 26.5 Å². The topological polar surface area (TPSA) is 113 Å². The van der Waals surface area contributed by atoms with E-state index in [0.717, 1.165) is 6.26 Å². The Hall–Kier alpha value is -3.13. The summed E-state index contributed by atoms with van der Waals surface area (Å²) < 4.78 is 65.1. The number of rotatable bonds is 4. The predicted molar refractivity (Wildman–Crippen MR) is 91.5 cm³/mol. The van der Waals surface area contributed by atoms with Gasteiger partial charge in [0.25, 0.3) is 5.69 Å². The number of nitro benzene ring substituents is 1. The second kappa shape index (κ2) is 6.88. The van der Waals surface area contributed by atoms with E-state index in [-0.39, 0.29) is 11.3 Å². The molecule has 0 atom stereocenters. The van der Waals surface area contributed by atoms with Crippen LogP contribution < -0.4 is 4.72 Å². The van der Waals surface area contributed by atoms with Gasteiger partial charge in [-0.15, -0.1) is 0 Å². The second-order valence-electron chi connectivity index (χ2n) is 5.70. The Labute approximate surface area is 152 Å². The van der Waals surface area contributed by atoms with Crippen LogP contribution in [0.2, 0.25) is 0 Å². The lowest BCUT2D eigenvalue weighted by molar-refractivity contribution is -0.384. The molecule has 0 amide bonds. The van der Waals surface area contributed by atoms with Gasteiger partial charge in [0, 0.05) is 11.6 Å². The molecule has 0 aromatic heterocycles. The first-order valence-electron chi connectivity index (χ1n) is 7.22. The van der Waals surface area contributed by atoms with Crippen LogP contribution in [0.1, 0.15) is 16.7 Å². The third kappa shape index (κ3) is 4.53. The van der Waals surface area contributed by atoms with E-state index in [4.69, 9.17) is 5.26 Å². The highest BCUT2D eigenvalue weighted by atomic mass is 32.2. The number of nitro groups is 1. The molecule has 0 unspecified atom stereocenters. The summed E-state index contributed by atoms with van der Waals surface area (Å²) in [7, 11) is -3.80. The van der Waals surface area contributed by atoms with Crippen molar-refractivity contribution in [2.75, 3.05) is 11.0 Å². The Kier molecular flexibility index (Phi) is 5.14. The summed E-state index contributed by atoms with van der Waals surface area (Å²) >= 11 is 0. The van der Waals surface area contributed by atoms with E-state index in [9.17, 15) is 31.7 Å². The highest BCUT2D eigenvalue weighted by Crippen LogP contribution is 2.42. The van der Waals surface area contributed by atoms with Crippen molar-refractivity contribution in [1.29, 1.82) is 5.26 Å². The van der Waals surface area contributed by atoms with E-state index in [0.29, 0.717) is 17.7 Å². The van der Waals surface area contributed by atoms with Gasteiger partial charge in [0.1, 0.15) is 6.07 Å². The van der Waals surface area contributed by atoms with Gasteiger partial charge in [0.05, 0.1) is 33.6 Å². The molecular formula is C16H12F3N3O4S. The van der Waals surface area contributed by atoms with Crippen LogP contribution in [0.25, 0.3) is 11.1 Å². The molecular weight excluding hydrogens is 387 g/mol. The minimum Gasteiger partial charge on any atom is -0.283 e. The quantitative estimate of drug-likeness (QED) is 0.620. The molecule has 0 aliphatic carbocycles. The molecule has 27 heavy (non-hydrogen) atoms. The lowest BCUT2D eigenvalue weighted by atomic mass is 9.95. The standard InChI is InChI=1S/C16H12F3N3O4S/c1-9-3-4-14(21-27(2,25)26)11(5-9)12-7-13(16(17,18)19)10(8-20)6-15(12)22(23)24/h3-7,21H,1-2H3. The minimum absolute atomic E-state index is 0.109. The van der Waals surface area contributed by atoms with Gasteiger partial charge in [-0.05, 0) is 25.1 Å². The number of hydrogen-bond acceptors (Lipinski definition) is 5. The molecule has 1 N–H and O–H groups in total. The average molecular weight is 399 g/mol. The maximum Gasteiger partial charge on any atom is 0.417 e. The number of halogens is 3. The summed E-state index contributed by atoms with van der Waals surface area (Å²) in [6.45, 7) is 1.59. The van der Waals surface area contributed by atoms with Gasteiger partial charge in [-0.3, -0.25) is 14.8 Å². The zero-order valence-corrected chi connectivity index (χ0v) is 14.8. The predicted octanol–water partition coefficient (Wildman–Crippen LogP) is 3.83. The van der Waals surface area contributed by atoms with E-state index in [2.05, 4.69) is 4.72 Å². The zero-order chi connectivity index (χ0) is 20.6. The maximum absolute atomic E-state index is 13.3. The number of nitrogens with one attached hydrogen (secondary N) is 1. The molecule has 0 spiro atoms. The van der Waals surface area contributed by atoms with Gasteiger partial charge in [0.15, 0.2) is 0 Å². The van der Waals surface area contributed by atoms with Gasteiger partial charge in [-0.25, -0.2) is 8.42 Å². The van der Waals surface area contributed by atoms with Crippen molar-refractivity contribution in [1.82, 2.24) is 0 Å². The molecule has 2 aromatic carbocycles. The monoisotopic (exact) mass is 399 g/mol. The Balaban J connectivity index is 2.91. The van der Waals surface area contributed by atoms with Crippen LogP contribution in [0, 0.1) is 28.4 Å². The van der Waals surface area contributed by atoms with Gasteiger partial charge in [0.2, 0.25) is 10.0 Å². The normalized spacial score (nSPS) is 11.7. The Morgan fingerprint density at radius 1 is 1.19 bits per heavy atom. The Morgan fingerprint density at radius 3 is 2.30 bits per heavy atom. The molecule has 0 aliphatic heterocycles. The van der Waals surface area contributed by atoms with E-state index in [1.165, 1.54) is 24.3 Å². The van der Waals surface area contributed by atoms with Crippen molar-refractivity contribution in [3.8, 4) is 17.2 Å². The summed E-state index contributed by atoms with van der Waals surface area (Å²) in [5.41, 5.74) is -3.15. The second-order valence-corrected chi connectivity index (χ2v) is 7.45. The molecule has 11 heteroatoms. The van der Waals surface area contributed by atoms with Crippen LogP contribution in [0.3, 0.4) is 0 Å². The zero-order valence-electron chi connectivity index (χ0n) is 14.0. The molecule has 2 aromatic rings. The van der Waals surface area contributed by atoms with Crippen LogP contribution in [0.15, 0.2) is 30.3 Å². The number of alkyl halides is 3. The van der Waals surface area contributed by atoms with Crippen LogP contribution in [-0.4, -0.2) is 19.6 Å². The fourth-order valence-electron chi connectivity index (χ4n) is 2.45. The number of sulfonamides is 1. The number of anilines is 1. The number of nitriles is 1. The highest BCUT2D eigenvalue weighted by molar-refractivity contribution is 7.92. The van der Waals surface area contributed by atoms with Crippen molar-refractivity contribution in [3.05, 3.63) is 57.1 Å². The van der Waals surface area contributed by atoms with Crippen molar-refractivity contribution in [2.24, 2.45) is 0 Å². The summed E-state index contributed by atoms with van der Waals surface area (Å²) in [4.78, 5) is 10.5. The lowest BCUT2D eigenvalue weighted by Gasteiger charge is -2.15. The van der Waals surface area contributed by atoms with Gasteiger partial charge >= 0.3 is 6.18 Å². The largest absolute Gasteiger partial charge is 0.417 e. The van der Waals surface area contributed by atoms with Crippen LogP contribution in [0.5, 0.6) is 0 Å². The summed E-state index contributed by atoms with van der Waals surface area (Å²) in [6.07, 6.45) is -4.09. The van der Waals surface area contributed by atoms with E-state index in [1.54, 1.807) is 6.92 Å². The molecule has 0 fully saturated rings. The molecule has 0 aliphatic rings. The first-order chi connectivity index (χ1) is 12.3. The fraction of sp³-hybridized carbons (Fsp3) is 0.188. The smallest absolute Gasteiger partial charge is 0.283 e. The molecule has 0 heterocycles. The summed E-state index contributed by atoms with van der Waals surface area (Å²) in [6, 6.07) is 6.43. The number of nitrogens with zero attached hydrogens (tertiary/aromatic N) is 2. The number of benzene rings is 2. The number of hydrogen-bond donors (Lipinski definition) is 1. The van der Waals surface area contributed by atoms with Gasteiger partial charge in [-0.1, -0.05) is 11.6 Å². The van der Waals surface area contributed by atoms with Gasteiger partial charge < -0.3 is 0 Å². The van der Waals surface area contributed by atoms with Gasteiger partial charge in [-0.2, -0.15) is 18.4 Å². The van der Waals surface area contributed by atoms with Crippen LogP contribution in [0.4, 0.5) is 24.5 Å². The molecule has 0 bridgehead atoms. The third-order valence-electron chi connectivity index (χ3n) is 3.52. The fourth-order valence-corrected chi connectivity index (χ4v) is 3.03. The maximum atomic E-state index is 13.3. The SMILES string of the molecule is Cc1ccc(NS(C)(=O)=O)c(-c2cc(C(F)(F)F)c(C#N)cc2[N+](=O)[O-])c1. The first kappa shape index (κ1) is 20.2. The van der Waals surface area contributed by atoms with Crippen molar-refractivity contribution in [3.63, 3.8) is 0 Å². The Bertz CT molecular complexity index is 1070. The van der Waals surface area contributed by atoms with E-state index < -0.39 is 43.5 Å². The van der Waals surface area contributed by atoms with E-state index in [1.807, 2.05) is 0 Å². The number of aryl methyl sites for hydroxylation is 1. The van der Waals surface area contributed by atoms with Crippen molar-refractivity contribution in [2.45, 2.75) is 13.1 Å². The van der Waals surface area contributed by atoms with Crippen LogP contribution >= 0.6 is 0 Å². The third-order valence-corrected chi connectivity index (χ3v) is 4.11. The lowest BCUT2D eigenvalue weighted by Crippen LogP contribution is -2.12. The minimum atomic E-state index is -4.93. The summed E-state index contributed by atoms with van der Waals surface area (Å²) in [5, 5.41) is 20.3.